The smallest absolute Gasteiger partial charge is 0.230 e. The van der Waals surface area contributed by atoms with Gasteiger partial charge in [0.2, 0.25) is 11.8 Å². The zero-order valence-electron chi connectivity index (χ0n) is 29.9. The van der Waals surface area contributed by atoms with Gasteiger partial charge in [0.15, 0.2) is 0 Å². The van der Waals surface area contributed by atoms with Crippen molar-refractivity contribution in [1.29, 1.82) is 0 Å². The highest BCUT2D eigenvalue weighted by molar-refractivity contribution is 9.41. The van der Waals surface area contributed by atoms with Crippen molar-refractivity contribution in [2.45, 2.75) is 219 Å². The molecule has 0 bridgehead atoms. The van der Waals surface area contributed by atoms with Crippen molar-refractivity contribution in [3.63, 3.8) is 0 Å². The maximum absolute atomic E-state index is 12.0. The number of amides is 2. The zero-order valence-corrected chi connectivity index (χ0v) is 34.8. The SMILES string of the molecule is CCCCCCCCCCCCCCCCCC(=O)NSSSSSSNC(=O)CCCCCCCCCCCCCCCCC. The van der Waals surface area contributed by atoms with E-state index in [2.05, 4.69) is 23.3 Å². The van der Waals surface area contributed by atoms with E-state index in [9.17, 15) is 9.59 Å². The average Bonchev–Trinajstić information content (AvgIpc) is 3.05. The first-order valence-electron chi connectivity index (χ1n) is 19.3. The van der Waals surface area contributed by atoms with Gasteiger partial charge in [0.05, 0.1) is 0 Å². The summed E-state index contributed by atoms with van der Waals surface area (Å²) in [5, 5.41) is 0. The Hall–Kier alpha value is 1.04. The molecule has 0 unspecified atom stereocenters. The number of hydrogen-bond acceptors (Lipinski definition) is 8. The van der Waals surface area contributed by atoms with Gasteiger partial charge in [0.25, 0.3) is 0 Å². The predicted molar refractivity (Wildman–Crippen MR) is 221 cm³/mol. The Kier molecular flexibility index (Phi) is 43.2. The second-order valence-corrected chi connectivity index (χ2v) is 21.7. The third-order valence-corrected chi connectivity index (χ3v) is 18.0. The Balaban J connectivity index is 3.24. The molecule has 0 aromatic carbocycles. The number of carbonyl (C=O) groups is 2. The van der Waals surface area contributed by atoms with E-state index < -0.39 is 0 Å². The zero-order chi connectivity index (χ0) is 33.4. The first-order valence-corrected chi connectivity index (χ1v) is 26.8. The van der Waals surface area contributed by atoms with Crippen molar-refractivity contribution in [1.82, 2.24) is 9.44 Å². The van der Waals surface area contributed by atoms with Crippen LogP contribution in [0.2, 0.25) is 0 Å². The van der Waals surface area contributed by atoms with Crippen molar-refractivity contribution in [3.8, 4) is 0 Å². The van der Waals surface area contributed by atoms with E-state index in [1.54, 1.807) is 39.3 Å². The van der Waals surface area contributed by atoms with Crippen LogP contribution in [0.5, 0.6) is 0 Å². The maximum atomic E-state index is 12.0. The molecule has 0 atom stereocenters. The number of rotatable bonds is 39. The van der Waals surface area contributed by atoms with Crippen LogP contribution in [0.15, 0.2) is 0 Å². The normalized spacial score (nSPS) is 11.3. The monoisotopic (exact) mass is 756 g/mol. The minimum atomic E-state index is 0.130. The minimum Gasteiger partial charge on any atom is -0.290 e. The second kappa shape index (κ2) is 42.2. The summed E-state index contributed by atoms with van der Waals surface area (Å²) >= 11 is 0. The number of hydrogen-bond donors (Lipinski definition) is 2. The van der Waals surface area contributed by atoms with Gasteiger partial charge in [-0.2, -0.15) is 0 Å². The highest BCUT2D eigenvalue weighted by Gasteiger charge is 2.04. The van der Waals surface area contributed by atoms with E-state index >= 15 is 0 Å². The molecule has 10 heteroatoms. The fraction of sp³-hybridized carbons (Fsp3) is 0.944. The van der Waals surface area contributed by atoms with Crippen molar-refractivity contribution >= 4 is 73.1 Å². The molecule has 46 heavy (non-hydrogen) atoms. The Morgan fingerprint density at radius 2 is 0.543 bits per heavy atom. The van der Waals surface area contributed by atoms with E-state index in [4.69, 9.17) is 0 Å². The van der Waals surface area contributed by atoms with Gasteiger partial charge in [-0.25, -0.2) is 0 Å². The van der Waals surface area contributed by atoms with Crippen molar-refractivity contribution in [2.75, 3.05) is 0 Å². The molecule has 0 aromatic rings. The molecule has 0 aliphatic carbocycles. The average molecular weight is 757 g/mol. The highest BCUT2D eigenvalue weighted by Crippen LogP contribution is 2.50. The van der Waals surface area contributed by atoms with E-state index in [0.29, 0.717) is 12.8 Å². The third-order valence-electron chi connectivity index (χ3n) is 8.48. The minimum absolute atomic E-state index is 0.130. The van der Waals surface area contributed by atoms with Crippen LogP contribution < -0.4 is 9.44 Å². The largest absolute Gasteiger partial charge is 0.290 e. The summed E-state index contributed by atoms with van der Waals surface area (Å²) in [4.78, 5) is 24.0. The molecule has 274 valence electrons. The van der Waals surface area contributed by atoms with Crippen LogP contribution in [0.1, 0.15) is 219 Å². The first kappa shape index (κ1) is 47.0. The number of unbranched alkanes of at least 4 members (excludes halogenated alkanes) is 28. The number of nitrogens with one attached hydrogen (secondary N) is 2. The van der Waals surface area contributed by atoms with Crippen LogP contribution in [0.25, 0.3) is 0 Å². The Morgan fingerprint density at radius 1 is 0.326 bits per heavy atom. The van der Waals surface area contributed by atoms with Gasteiger partial charge in [0.1, 0.15) is 0 Å². The lowest BCUT2D eigenvalue weighted by Crippen LogP contribution is -2.13. The lowest BCUT2D eigenvalue weighted by Gasteiger charge is -2.05. The van der Waals surface area contributed by atoms with Crippen LogP contribution in [0, 0.1) is 0 Å². The highest BCUT2D eigenvalue weighted by atomic mass is 33.9. The Bertz CT molecular complexity index is 581. The molecule has 0 heterocycles. The van der Waals surface area contributed by atoms with Gasteiger partial charge in [0, 0.05) is 74.1 Å². The first-order chi connectivity index (χ1) is 22.7. The summed E-state index contributed by atoms with van der Waals surface area (Å²) in [5.41, 5.74) is 0. The Morgan fingerprint density at radius 3 is 0.783 bits per heavy atom. The molecular formula is C36H72N2O2S6. The van der Waals surface area contributed by atoms with Crippen LogP contribution in [-0.2, 0) is 9.59 Å². The van der Waals surface area contributed by atoms with Gasteiger partial charge >= 0.3 is 0 Å². The molecule has 0 aliphatic heterocycles. The van der Waals surface area contributed by atoms with Gasteiger partial charge in [-0.15, -0.1) is 0 Å². The summed E-state index contributed by atoms with van der Waals surface area (Å²) in [6.07, 6.45) is 41.5. The summed E-state index contributed by atoms with van der Waals surface area (Å²) in [7, 11) is 9.10. The fourth-order valence-corrected chi connectivity index (χ4v) is 15.1. The molecule has 0 rings (SSSR count). The van der Waals surface area contributed by atoms with Crippen LogP contribution >= 0.6 is 61.3 Å². The summed E-state index contributed by atoms with van der Waals surface area (Å²) in [5.74, 6) is 0.261. The molecule has 0 aromatic heterocycles. The molecule has 2 amide bonds. The lowest BCUT2D eigenvalue weighted by molar-refractivity contribution is -0.120. The van der Waals surface area contributed by atoms with E-state index in [-0.39, 0.29) is 11.8 Å². The molecule has 0 saturated carbocycles. The van der Waals surface area contributed by atoms with Gasteiger partial charge in [-0.3, -0.25) is 19.0 Å². The van der Waals surface area contributed by atoms with Gasteiger partial charge in [-0.1, -0.05) is 194 Å². The van der Waals surface area contributed by atoms with Gasteiger partial charge < -0.3 is 0 Å². The summed E-state index contributed by atoms with van der Waals surface area (Å²) in [6, 6.07) is 0. The van der Waals surface area contributed by atoms with E-state index in [1.807, 2.05) is 0 Å². The van der Waals surface area contributed by atoms with Crippen LogP contribution in [-0.4, -0.2) is 11.8 Å². The van der Waals surface area contributed by atoms with E-state index in [0.717, 1.165) is 25.7 Å². The topological polar surface area (TPSA) is 58.2 Å². The predicted octanol–water partition coefficient (Wildman–Crippen LogP) is 15.5. The molecular weight excluding hydrogens is 685 g/mol. The quantitative estimate of drug-likeness (QED) is 0.0365. The van der Waals surface area contributed by atoms with E-state index in [1.165, 1.54) is 189 Å². The molecule has 0 spiro atoms. The van der Waals surface area contributed by atoms with Crippen molar-refractivity contribution < 1.29 is 9.59 Å². The molecule has 2 N–H and O–H groups in total. The molecule has 0 saturated heterocycles. The summed E-state index contributed by atoms with van der Waals surface area (Å²) < 4.78 is 5.85. The lowest BCUT2D eigenvalue weighted by atomic mass is 10.0. The third kappa shape index (κ3) is 41.2. The maximum Gasteiger partial charge on any atom is 0.230 e. The van der Waals surface area contributed by atoms with Crippen molar-refractivity contribution in [3.05, 3.63) is 0 Å². The van der Waals surface area contributed by atoms with Crippen LogP contribution in [0.4, 0.5) is 0 Å². The van der Waals surface area contributed by atoms with Crippen LogP contribution in [0.3, 0.4) is 0 Å². The Labute approximate surface area is 309 Å². The van der Waals surface area contributed by atoms with Gasteiger partial charge in [-0.05, 0) is 12.8 Å². The fourth-order valence-electron chi connectivity index (χ4n) is 5.59. The standard InChI is InChI=1S/C36H72N2O2S6/c1-3-5-7-9-11-13-15-17-19-21-23-25-27-29-31-33-35(39)37-41-43-45-46-44-42-38-36(40)34-32-30-28-26-24-22-20-18-16-14-12-10-8-6-4-2/h3-34H2,1-2H3,(H,37,39)(H,38,40). The molecule has 0 radical (unpaired) electrons. The summed E-state index contributed by atoms with van der Waals surface area (Å²) in [6.45, 7) is 4.56. The molecule has 0 aliphatic rings. The number of carbonyl (C=O) groups excluding carboxylic acids is 2. The van der Waals surface area contributed by atoms with Crippen molar-refractivity contribution in [2.24, 2.45) is 0 Å². The second-order valence-electron chi connectivity index (χ2n) is 12.9. The molecule has 4 nitrogen and oxygen atoms in total. The molecule has 0 fully saturated rings.